The van der Waals surface area contributed by atoms with E-state index in [2.05, 4.69) is 28.7 Å². The average molecular weight is 515 g/mol. The van der Waals surface area contributed by atoms with E-state index in [0.717, 1.165) is 30.5 Å². The van der Waals surface area contributed by atoms with Gasteiger partial charge in [-0.05, 0) is 48.7 Å². The SMILES string of the molecule is CC(C)CN(Cc1cc(Cl)c2c(c1)OCCCO2)C(=O)[C@@H]1CCN(Cc2c(F)ccc3[nH]cnc23)C1. The normalized spacial score (nSPS) is 18.1. The molecule has 0 bridgehead atoms. The summed E-state index contributed by atoms with van der Waals surface area (Å²) in [7, 11) is 0. The number of aromatic nitrogens is 2. The van der Waals surface area contributed by atoms with Crippen molar-refractivity contribution in [1.29, 1.82) is 0 Å². The zero-order valence-corrected chi connectivity index (χ0v) is 21.5. The molecule has 0 unspecified atom stereocenters. The second-order valence-corrected chi connectivity index (χ2v) is 10.5. The third-order valence-corrected chi connectivity index (χ3v) is 7.06. The van der Waals surface area contributed by atoms with Crippen LogP contribution >= 0.6 is 11.6 Å². The number of ether oxygens (including phenoxy) is 2. The van der Waals surface area contributed by atoms with Gasteiger partial charge in [0, 0.05) is 38.2 Å². The summed E-state index contributed by atoms with van der Waals surface area (Å²) in [6.07, 6.45) is 3.13. The number of halogens is 2. The molecular weight excluding hydrogens is 483 g/mol. The number of carbonyl (C=O) groups is 1. The van der Waals surface area contributed by atoms with Gasteiger partial charge in [0.25, 0.3) is 0 Å². The molecule has 0 radical (unpaired) electrons. The van der Waals surface area contributed by atoms with Gasteiger partial charge in [-0.25, -0.2) is 9.37 Å². The van der Waals surface area contributed by atoms with Crippen LogP contribution in [-0.4, -0.2) is 58.5 Å². The van der Waals surface area contributed by atoms with Crippen molar-refractivity contribution in [3.05, 3.63) is 52.6 Å². The van der Waals surface area contributed by atoms with Crippen molar-refractivity contribution in [2.75, 3.05) is 32.8 Å². The van der Waals surface area contributed by atoms with Gasteiger partial charge in [-0.3, -0.25) is 9.69 Å². The predicted octanol–water partition coefficient (Wildman–Crippen LogP) is 5.02. The molecule has 192 valence electrons. The summed E-state index contributed by atoms with van der Waals surface area (Å²) in [5.41, 5.74) is 2.95. The van der Waals surface area contributed by atoms with Crippen molar-refractivity contribution in [3.8, 4) is 11.5 Å². The standard InChI is InChI=1S/C27H32ClFN4O3/c1-17(2)12-33(13-18-10-21(28)26-24(11-18)35-8-3-9-36-26)27(34)19-6-7-32(14-19)15-20-22(29)4-5-23-25(20)31-16-30-23/h4-5,10-11,16-17,19H,3,6-9,12-15H2,1-2H3,(H,30,31)/t19-/m1/s1. The minimum atomic E-state index is -0.267. The quantitative estimate of drug-likeness (QED) is 0.479. The molecule has 2 aliphatic heterocycles. The fraction of sp³-hybridized carbons (Fsp3) is 0.481. The summed E-state index contributed by atoms with van der Waals surface area (Å²) in [6.45, 7) is 8.21. The number of hydrogen-bond donors (Lipinski definition) is 1. The molecule has 1 N–H and O–H groups in total. The van der Waals surface area contributed by atoms with E-state index < -0.39 is 0 Å². The number of benzene rings is 2. The Kier molecular flexibility index (Phi) is 7.34. The van der Waals surface area contributed by atoms with Gasteiger partial charge in [0.15, 0.2) is 11.5 Å². The lowest BCUT2D eigenvalue weighted by molar-refractivity contribution is -0.136. The topological polar surface area (TPSA) is 70.7 Å². The summed E-state index contributed by atoms with van der Waals surface area (Å²) < 4.78 is 26.2. The lowest BCUT2D eigenvalue weighted by atomic mass is 10.0. The Bertz CT molecular complexity index is 1250. The maximum atomic E-state index is 14.6. The number of imidazole rings is 1. The smallest absolute Gasteiger partial charge is 0.227 e. The third kappa shape index (κ3) is 5.30. The van der Waals surface area contributed by atoms with Crippen molar-refractivity contribution in [2.24, 2.45) is 11.8 Å². The molecule has 36 heavy (non-hydrogen) atoms. The molecule has 1 aromatic heterocycles. The van der Waals surface area contributed by atoms with E-state index >= 15 is 0 Å². The molecular formula is C27H32ClFN4O3. The van der Waals surface area contributed by atoms with Crippen LogP contribution in [0.15, 0.2) is 30.6 Å². The highest BCUT2D eigenvalue weighted by Gasteiger charge is 2.32. The molecule has 0 aliphatic carbocycles. The first-order chi connectivity index (χ1) is 17.4. The third-order valence-electron chi connectivity index (χ3n) is 6.78. The fourth-order valence-electron chi connectivity index (χ4n) is 5.12. The van der Waals surface area contributed by atoms with Gasteiger partial charge in [0.1, 0.15) is 5.82 Å². The molecule has 1 saturated heterocycles. The van der Waals surface area contributed by atoms with E-state index in [1.807, 2.05) is 17.0 Å². The first kappa shape index (κ1) is 24.8. The van der Waals surface area contributed by atoms with E-state index in [0.29, 0.717) is 72.9 Å². The fourth-order valence-corrected chi connectivity index (χ4v) is 5.41. The first-order valence-corrected chi connectivity index (χ1v) is 13.0. The number of nitrogens with zero attached hydrogens (tertiary/aromatic N) is 3. The number of H-pyrrole nitrogens is 1. The van der Waals surface area contributed by atoms with Crippen LogP contribution in [0.25, 0.3) is 11.0 Å². The molecule has 1 atom stereocenters. The van der Waals surface area contributed by atoms with E-state index in [9.17, 15) is 9.18 Å². The van der Waals surface area contributed by atoms with Crippen LogP contribution in [-0.2, 0) is 17.9 Å². The highest BCUT2D eigenvalue weighted by atomic mass is 35.5. The Hall–Kier alpha value is -2.84. The Morgan fingerprint density at radius 3 is 2.97 bits per heavy atom. The van der Waals surface area contributed by atoms with Gasteiger partial charge in [0.2, 0.25) is 5.91 Å². The predicted molar refractivity (Wildman–Crippen MR) is 137 cm³/mol. The number of carbonyl (C=O) groups excluding carboxylic acids is 1. The number of nitrogens with one attached hydrogen (secondary N) is 1. The molecule has 2 aliphatic rings. The van der Waals surface area contributed by atoms with Crippen LogP contribution in [0.4, 0.5) is 4.39 Å². The summed E-state index contributed by atoms with van der Waals surface area (Å²) in [5, 5.41) is 0.503. The van der Waals surface area contributed by atoms with E-state index in [4.69, 9.17) is 21.1 Å². The number of fused-ring (bicyclic) bond motifs is 2. The van der Waals surface area contributed by atoms with Gasteiger partial charge in [0.05, 0.1) is 41.5 Å². The number of aromatic amines is 1. The molecule has 1 fully saturated rings. The summed E-state index contributed by atoms with van der Waals surface area (Å²) >= 11 is 6.50. The Morgan fingerprint density at radius 2 is 2.14 bits per heavy atom. The van der Waals surface area contributed by atoms with Crippen LogP contribution in [0.2, 0.25) is 5.02 Å². The van der Waals surface area contributed by atoms with E-state index in [-0.39, 0.29) is 17.6 Å². The monoisotopic (exact) mass is 514 g/mol. The second kappa shape index (κ2) is 10.6. The van der Waals surface area contributed by atoms with E-state index in [1.165, 1.54) is 6.07 Å². The zero-order chi connectivity index (χ0) is 25.2. The number of rotatable bonds is 7. The van der Waals surface area contributed by atoms with Gasteiger partial charge in [-0.15, -0.1) is 0 Å². The number of hydrogen-bond acceptors (Lipinski definition) is 5. The maximum absolute atomic E-state index is 14.6. The molecule has 9 heteroatoms. The minimum Gasteiger partial charge on any atom is -0.489 e. The molecule has 2 aromatic carbocycles. The zero-order valence-electron chi connectivity index (χ0n) is 20.7. The Morgan fingerprint density at radius 1 is 1.31 bits per heavy atom. The molecule has 5 rings (SSSR count). The lowest BCUT2D eigenvalue weighted by Crippen LogP contribution is -2.39. The highest BCUT2D eigenvalue weighted by Crippen LogP contribution is 2.38. The van der Waals surface area contributed by atoms with Gasteiger partial charge >= 0.3 is 0 Å². The van der Waals surface area contributed by atoms with Crippen molar-refractivity contribution >= 4 is 28.5 Å². The Balaban J connectivity index is 1.30. The van der Waals surface area contributed by atoms with Crippen LogP contribution in [0.3, 0.4) is 0 Å². The van der Waals surface area contributed by atoms with Crippen molar-refractivity contribution < 1.29 is 18.7 Å². The van der Waals surface area contributed by atoms with Gasteiger partial charge in [-0.1, -0.05) is 25.4 Å². The summed E-state index contributed by atoms with van der Waals surface area (Å²) in [5.74, 6) is 1.23. The molecule has 0 spiro atoms. The van der Waals surface area contributed by atoms with Crippen molar-refractivity contribution in [2.45, 2.75) is 39.8 Å². The number of amides is 1. The first-order valence-electron chi connectivity index (χ1n) is 12.6. The van der Waals surface area contributed by atoms with Crippen LogP contribution in [0, 0.1) is 17.7 Å². The molecule has 7 nitrogen and oxygen atoms in total. The molecule has 0 saturated carbocycles. The maximum Gasteiger partial charge on any atom is 0.227 e. The average Bonchev–Trinajstić information content (AvgIpc) is 3.44. The largest absolute Gasteiger partial charge is 0.489 e. The van der Waals surface area contributed by atoms with Crippen molar-refractivity contribution in [3.63, 3.8) is 0 Å². The second-order valence-electron chi connectivity index (χ2n) is 10.1. The van der Waals surface area contributed by atoms with Gasteiger partial charge < -0.3 is 19.4 Å². The highest BCUT2D eigenvalue weighted by molar-refractivity contribution is 6.32. The minimum absolute atomic E-state index is 0.118. The van der Waals surface area contributed by atoms with Crippen molar-refractivity contribution in [1.82, 2.24) is 19.8 Å². The molecule has 3 aromatic rings. The van der Waals surface area contributed by atoms with Crippen LogP contribution < -0.4 is 9.47 Å². The Labute approximate surface area is 215 Å². The van der Waals surface area contributed by atoms with E-state index in [1.54, 1.807) is 12.4 Å². The van der Waals surface area contributed by atoms with Crippen LogP contribution in [0.1, 0.15) is 37.8 Å². The summed E-state index contributed by atoms with van der Waals surface area (Å²) in [4.78, 5) is 25.1. The van der Waals surface area contributed by atoms with Gasteiger partial charge in [-0.2, -0.15) is 0 Å². The molecule has 1 amide bonds. The summed E-state index contributed by atoms with van der Waals surface area (Å²) in [6, 6.07) is 6.97. The number of likely N-dealkylation sites (tertiary alicyclic amines) is 1. The lowest BCUT2D eigenvalue weighted by Gasteiger charge is -2.28. The van der Waals surface area contributed by atoms with Crippen LogP contribution in [0.5, 0.6) is 11.5 Å². The molecule has 3 heterocycles.